The molecule has 25 heavy (non-hydrogen) atoms. The Labute approximate surface area is 154 Å². The molecule has 1 saturated heterocycles. The summed E-state index contributed by atoms with van der Waals surface area (Å²) >= 11 is 0. The molecule has 0 N–H and O–H groups in total. The fourth-order valence-corrected chi connectivity index (χ4v) is 4.36. The summed E-state index contributed by atoms with van der Waals surface area (Å²) in [5.74, 6) is 2.33. The van der Waals surface area contributed by atoms with Crippen molar-refractivity contribution >= 4 is 23.2 Å². The third-order valence-corrected chi connectivity index (χ3v) is 5.52. The first-order chi connectivity index (χ1) is 11.9. The van der Waals surface area contributed by atoms with Crippen LogP contribution in [0.5, 0.6) is 5.75 Å². The molecule has 0 aromatic heterocycles. The lowest BCUT2D eigenvalue weighted by Gasteiger charge is -2.28. The molecular weight excluding hydrogens is 330 g/mol. The van der Waals surface area contributed by atoms with E-state index in [1.165, 1.54) is 21.9 Å². The first-order valence-electron chi connectivity index (χ1n) is 8.79. The summed E-state index contributed by atoms with van der Waals surface area (Å²) in [4.78, 5) is 2.58. The van der Waals surface area contributed by atoms with Gasteiger partial charge in [0.25, 0.3) is 0 Å². The molecule has 2 nitrogen and oxygen atoms in total. The molecule has 3 aromatic carbocycles. The minimum absolute atomic E-state index is 0. The van der Waals surface area contributed by atoms with Gasteiger partial charge in [0.15, 0.2) is 0 Å². The van der Waals surface area contributed by atoms with Crippen molar-refractivity contribution in [2.24, 2.45) is 5.92 Å². The minimum Gasteiger partial charge on any atom is -0.492 e. The van der Waals surface area contributed by atoms with E-state index in [-0.39, 0.29) is 12.4 Å². The van der Waals surface area contributed by atoms with E-state index >= 15 is 0 Å². The van der Waals surface area contributed by atoms with Gasteiger partial charge in [-0.05, 0) is 16.5 Å². The van der Waals surface area contributed by atoms with Crippen molar-refractivity contribution in [2.45, 2.75) is 12.5 Å². The molecule has 128 valence electrons. The Balaban J connectivity index is 0.00000157. The molecule has 0 aliphatic carbocycles. The van der Waals surface area contributed by atoms with E-state index in [1.807, 2.05) is 0 Å². The number of hydrogen-bond acceptors (Lipinski definition) is 2. The molecule has 0 bridgehead atoms. The van der Waals surface area contributed by atoms with Gasteiger partial charge >= 0.3 is 0 Å². The second-order valence-corrected chi connectivity index (χ2v) is 7.06. The average molecular weight is 352 g/mol. The lowest BCUT2D eigenvalue weighted by atomic mass is 9.85. The van der Waals surface area contributed by atoms with E-state index in [9.17, 15) is 0 Å². The molecule has 0 saturated carbocycles. The smallest absolute Gasteiger partial charge is 0.130 e. The molecule has 2 aliphatic heterocycles. The Morgan fingerprint density at radius 1 is 0.880 bits per heavy atom. The molecule has 2 heterocycles. The normalized spacial score (nSPS) is 21.9. The van der Waals surface area contributed by atoms with Gasteiger partial charge in [0.05, 0.1) is 6.61 Å². The van der Waals surface area contributed by atoms with Crippen LogP contribution in [0.25, 0.3) is 10.8 Å². The van der Waals surface area contributed by atoms with Crippen molar-refractivity contribution in [1.29, 1.82) is 0 Å². The van der Waals surface area contributed by atoms with Crippen LogP contribution < -0.4 is 4.74 Å². The molecule has 0 amide bonds. The number of nitrogens with zero attached hydrogens (tertiary/aromatic N) is 1. The molecule has 5 rings (SSSR count). The van der Waals surface area contributed by atoms with E-state index < -0.39 is 0 Å². The summed E-state index contributed by atoms with van der Waals surface area (Å²) in [6.07, 6.45) is 0. The van der Waals surface area contributed by atoms with Crippen LogP contribution in [0.4, 0.5) is 0 Å². The maximum Gasteiger partial charge on any atom is 0.130 e. The summed E-state index contributed by atoms with van der Waals surface area (Å²) < 4.78 is 6.22. The number of hydrogen-bond donors (Lipinski definition) is 0. The molecule has 0 spiro atoms. The highest BCUT2D eigenvalue weighted by molar-refractivity contribution is 5.90. The fraction of sp³-hybridized carbons (Fsp3) is 0.273. The Morgan fingerprint density at radius 2 is 1.68 bits per heavy atom. The third kappa shape index (κ3) is 2.90. The van der Waals surface area contributed by atoms with Crippen LogP contribution in [-0.4, -0.2) is 24.6 Å². The highest BCUT2D eigenvalue weighted by Crippen LogP contribution is 2.45. The van der Waals surface area contributed by atoms with Crippen LogP contribution in [0, 0.1) is 5.92 Å². The Hall–Kier alpha value is -2.03. The average Bonchev–Trinajstić information content (AvgIpc) is 3.05. The van der Waals surface area contributed by atoms with Gasteiger partial charge in [0, 0.05) is 36.9 Å². The van der Waals surface area contributed by atoms with Gasteiger partial charge in [-0.1, -0.05) is 66.7 Å². The van der Waals surface area contributed by atoms with Crippen LogP contribution in [0.15, 0.2) is 66.7 Å². The van der Waals surface area contributed by atoms with Crippen LogP contribution >= 0.6 is 12.4 Å². The zero-order chi connectivity index (χ0) is 15.9. The molecular formula is C22H22ClNO. The Kier molecular flexibility index (Phi) is 4.41. The lowest BCUT2D eigenvalue weighted by molar-refractivity contribution is 0.214. The highest BCUT2D eigenvalue weighted by atomic mass is 35.5. The Morgan fingerprint density at radius 3 is 2.56 bits per heavy atom. The van der Waals surface area contributed by atoms with Crippen molar-refractivity contribution in [1.82, 2.24) is 4.90 Å². The fourth-order valence-electron chi connectivity index (χ4n) is 4.36. The lowest BCUT2D eigenvalue weighted by Crippen LogP contribution is -2.25. The van der Waals surface area contributed by atoms with Crippen LogP contribution in [0.1, 0.15) is 17.0 Å². The second kappa shape index (κ2) is 6.70. The van der Waals surface area contributed by atoms with Gasteiger partial charge in [-0.15, -0.1) is 12.4 Å². The standard InChI is InChI=1S/C22H21NO.ClH/c1-2-6-16(7-3-1)12-23-13-18-15-24-22-19-9-5-4-8-17(19)10-11-20(22)21(18)14-23;/h1-11,18,21H,12-15H2;1H/t18-,21-;/m0./s1. The summed E-state index contributed by atoms with van der Waals surface area (Å²) in [6.45, 7) is 4.15. The predicted octanol–water partition coefficient (Wildman–Crippen LogP) is 4.87. The van der Waals surface area contributed by atoms with E-state index in [0.717, 1.165) is 32.0 Å². The van der Waals surface area contributed by atoms with Crippen LogP contribution in [-0.2, 0) is 6.54 Å². The first-order valence-corrected chi connectivity index (χ1v) is 8.79. The number of fused-ring (bicyclic) bond motifs is 5. The van der Waals surface area contributed by atoms with E-state index in [4.69, 9.17) is 4.74 Å². The van der Waals surface area contributed by atoms with Crippen molar-refractivity contribution in [3.8, 4) is 5.75 Å². The molecule has 3 aromatic rings. The summed E-state index contributed by atoms with van der Waals surface area (Å²) in [6, 6.07) is 23.9. The van der Waals surface area contributed by atoms with Gasteiger partial charge in [-0.25, -0.2) is 0 Å². The van der Waals surface area contributed by atoms with E-state index in [0.29, 0.717) is 11.8 Å². The number of rotatable bonds is 2. The van der Waals surface area contributed by atoms with Crippen molar-refractivity contribution in [3.63, 3.8) is 0 Å². The summed E-state index contributed by atoms with van der Waals surface area (Å²) in [5, 5.41) is 2.53. The van der Waals surface area contributed by atoms with Gasteiger partial charge < -0.3 is 4.74 Å². The second-order valence-electron chi connectivity index (χ2n) is 7.06. The number of benzene rings is 3. The minimum atomic E-state index is 0. The third-order valence-electron chi connectivity index (χ3n) is 5.52. The molecule has 3 heteroatoms. The van der Waals surface area contributed by atoms with Gasteiger partial charge in [0.1, 0.15) is 5.75 Å². The van der Waals surface area contributed by atoms with Crippen molar-refractivity contribution in [2.75, 3.05) is 19.7 Å². The monoisotopic (exact) mass is 351 g/mol. The number of likely N-dealkylation sites (tertiary alicyclic amines) is 1. The van der Waals surface area contributed by atoms with Gasteiger partial charge in [0.2, 0.25) is 0 Å². The first kappa shape index (κ1) is 16.4. The van der Waals surface area contributed by atoms with Crippen molar-refractivity contribution < 1.29 is 4.74 Å². The maximum atomic E-state index is 6.22. The van der Waals surface area contributed by atoms with Crippen LogP contribution in [0.2, 0.25) is 0 Å². The molecule has 2 aliphatic rings. The van der Waals surface area contributed by atoms with E-state index in [1.54, 1.807) is 0 Å². The largest absolute Gasteiger partial charge is 0.492 e. The number of halogens is 1. The zero-order valence-corrected chi connectivity index (χ0v) is 14.9. The van der Waals surface area contributed by atoms with Gasteiger partial charge in [-0.2, -0.15) is 0 Å². The van der Waals surface area contributed by atoms with Crippen molar-refractivity contribution in [3.05, 3.63) is 77.9 Å². The van der Waals surface area contributed by atoms with Gasteiger partial charge in [-0.3, -0.25) is 4.90 Å². The topological polar surface area (TPSA) is 12.5 Å². The Bertz CT molecular complexity index is 880. The molecule has 0 unspecified atom stereocenters. The predicted molar refractivity (Wildman–Crippen MR) is 105 cm³/mol. The number of ether oxygens (including phenoxy) is 1. The van der Waals surface area contributed by atoms with E-state index in [2.05, 4.69) is 71.6 Å². The summed E-state index contributed by atoms with van der Waals surface area (Å²) in [5.41, 5.74) is 2.80. The SMILES string of the molecule is Cl.c1ccc(CN2C[C@H]3COc4c(ccc5ccccc45)[C@H]3C2)cc1. The summed E-state index contributed by atoms with van der Waals surface area (Å²) in [7, 11) is 0. The molecule has 0 radical (unpaired) electrons. The molecule has 1 fully saturated rings. The quantitative estimate of drug-likeness (QED) is 0.653. The van der Waals surface area contributed by atoms with Crippen LogP contribution in [0.3, 0.4) is 0 Å². The zero-order valence-electron chi connectivity index (χ0n) is 14.1. The molecule has 2 atom stereocenters. The highest BCUT2D eigenvalue weighted by Gasteiger charge is 2.39. The maximum absolute atomic E-state index is 6.22.